The van der Waals surface area contributed by atoms with Gasteiger partial charge in [0.25, 0.3) is 5.91 Å². The quantitative estimate of drug-likeness (QED) is 0.567. The van der Waals surface area contributed by atoms with E-state index in [1.165, 1.54) is 5.56 Å². The molecule has 3 aromatic rings. The van der Waals surface area contributed by atoms with E-state index in [1.807, 2.05) is 48.9 Å². The number of nitrogens with one attached hydrogen (secondary N) is 1. The number of phenols is 1. The molecule has 0 saturated carbocycles. The van der Waals surface area contributed by atoms with Crippen molar-refractivity contribution in [3.8, 4) is 5.75 Å². The number of piperidine rings is 1. The Balaban J connectivity index is 0.000000304. The first kappa shape index (κ1) is 25.3. The number of halogens is 1. The minimum Gasteiger partial charge on any atom is -0.508 e. The van der Waals surface area contributed by atoms with Crippen LogP contribution in [0.2, 0.25) is 5.02 Å². The molecule has 1 aromatic heterocycles. The van der Waals surface area contributed by atoms with Gasteiger partial charge in [-0.2, -0.15) is 0 Å². The highest BCUT2D eigenvalue weighted by Crippen LogP contribution is 2.28. The summed E-state index contributed by atoms with van der Waals surface area (Å²) < 4.78 is 0. The van der Waals surface area contributed by atoms with Gasteiger partial charge in [-0.15, -0.1) is 0 Å². The lowest BCUT2D eigenvalue weighted by Crippen LogP contribution is -2.43. The first-order valence-corrected chi connectivity index (χ1v) is 11.2. The highest BCUT2D eigenvalue weighted by molar-refractivity contribution is 6.30. The maximum atomic E-state index is 12.9. The van der Waals surface area contributed by atoms with Crippen LogP contribution in [0.5, 0.6) is 5.75 Å². The average Bonchev–Trinajstić information content (AvgIpc) is 2.82. The number of amides is 1. The van der Waals surface area contributed by atoms with Crippen molar-refractivity contribution >= 4 is 35.2 Å². The second-order valence-corrected chi connectivity index (χ2v) is 8.54. The molecule has 1 fully saturated rings. The Hall–Kier alpha value is -2.92. The third kappa shape index (κ3) is 6.54. The number of likely N-dealkylation sites (tertiary alicyclic amines) is 1. The molecular weight excluding hydrogens is 424 g/mol. The number of benzene rings is 2. The zero-order valence-corrected chi connectivity index (χ0v) is 19.7. The van der Waals surface area contributed by atoms with E-state index in [1.54, 1.807) is 24.4 Å². The van der Waals surface area contributed by atoms with Crippen LogP contribution < -0.4 is 4.98 Å². The van der Waals surface area contributed by atoms with Crippen LogP contribution in [0.4, 0.5) is 0 Å². The molecule has 1 saturated heterocycles. The number of aromatic nitrogens is 1. The predicted octanol–water partition coefficient (Wildman–Crippen LogP) is 5.33. The van der Waals surface area contributed by atoms with E-state index in [2.05, 4.69) is 18.8 Å². The number of pyridine rings is 1. The summed E-state index contributed by atoms with van der Waals surface area (Å²) in [5.41, 5.74) is 2.77. The number of aromatic amines is 1. The fourth-order valence-electron chi connectivity index (χ4n) is 3.94. The average molecular weight is 456 g/mol. The molecule has 2 heterocycles. The molecule has 170 valence electrons. The number of phenolic OH excluding ortho intramolecular Hbond substituents is 1. The molecule has 1 aliphatic heterocycles. The Morgan fingerprint density at radius 1 is 1.19 bits per heavy atom. The van der Waals surface area contributed by atoms with Crippen LogP contribution in [0.25, 0.3) is 10.9 Å². The van der Waals surface area contributed by atoms with Gasteiger partial charge in [-0.25, -0.2) is 4.98 Å². The van der Waals surface area contributed by atoms with Crippen LogP contribution >= 0.6 is 11.6 Å². The molecule has 0 spiro atoms. The Morgan fingerprint density at radius 3 is 2.50 bits per heavy atom. The number of rotatable bonds is 2. The van der Waals surface area contributed by atoms with E-state index in [0.29, 0.717) is 17.4 Å². The van der Waals surface area contributed by atoms with Crippen molar-refractivity contribution in [2.75, 3.05) is 13.1 Å². The normalized spacial score (nSPS) is 17.6. The highest BCUT2D eigenvalue weighted by Gasteiger charge is 2.29. The smallest absolute Gasteiger partial charge is 0.254 e. The number of carbonyl (C=O) groups is 2. The van der Waals surface area contributed by atoms with Crippen LogP contribution in [0.3, 0.4) is 0 Å². The zero-order chi connectivity index (χ0) is 23.7. The second kappa shape index (κ2) is 12.2. The minimum absolute atomic E-state index is 0.0648. The third-order valence-corrected chi connectivity index (χ3v) is 6.20. The van der Waals surface area contributed by atoms with Gasteiger partial charge in [0, 0.05) is 30.2 Å². The molecule has 1 aliphatic rings. The molecule has 2 unspecified atom stereocenters. The Labute approximate surface area is 195 Å². The number of fused-ring (bicyclic) bond motifs is 1. The first-order chi connectivity index (χ1) is 15.4. The van der Waals surface area contributed by atoms with E-state index in [0.717, 1.165) is 41.9 Å². The van der Waals surface area contributed by atoms with Crippen LogP contribution in [0, 0.1) is 18.8 Å². The Morgan fingerprint density at radius 2 is 1.88 bits per heavy atom. The van der Waals surface area contributed by atoms with Gasteiger partial charge in [0.15, 0.2) is 6.20 Å². The topological polar surface area (TPSA) is 71.8 Å². The zero-order valence-electron chi connectivity index (χ0n) is 19.0. The number of nitrogens with zero attached hydrogens (tertiary/aromatic N) is 1. The number of aryl methyl sites for hydroxylation is 1. The number of aromatic hydroxyl groups is 1. The molecule has 0 aliphatic carbocycles. The van der Waals surface area contributed by atoms with Crippen molar-refractivity contribution in [2.45, 2.75) is 33.6 Å². The molecule has 6 heteroatoms. The summed E-state index contributed by atoms with van der Waals surface area (Å²) in [7, 11) is 0. The first-order valence-electron chi connectivity index (χ1n) is 10.8. The number of carbonyl (C=O) groups excluding carboxylic acids is 2. The molecule has 5 nitrogen and oxygen atoms in total. The van der Waals surface area contributed by atoms with Gasteiger partial charge in [0.05, 0.1) is 10.9 Å². The molecule has 4 rings (SSSR count). The van der Waals surface area contributed by atoms with Gasteiger partial charge in [-0.1, -0.05) is 49.6 Å². The van der Waals surface area contributed by atoms with Crippen molar-refractivity contribution in [2.24, 2.45) is 11.8 Å². The monoisotopic (exact) mass is 455 g/mol. The van der Waals surface area contributed by atoms with Gasteiger partial charge in [-0.3, -0.25) is 4.79 Å². The maximum Gasteiger partial charge on any atom is 0.254 e. The van der Waals surface area contributed by atoms with Crippen molar-refractivity contribution in [1.29, 1.82) is 0 Å². The van der Waals surface area contributed by atoms with Crippen LogP contribution in [-0.2, 0) is 4.79 Å². The SMILES string of the molecule is C=O.CCC1CN(C(=O)c2cc[nH+]c3ccc(O)cc23)CCC1C.Cc1ccc(Cl)cc1. The van der Waals surface area contributed by atoms with E-state index < -0.39 is 0 Å². The number of hydrogen-bond acceptors (Lipinski definition) is 3. The summed E-state index contributed by atoms with van der Waals surface area (Å²) in [4.78, 5) is 26.0. The molecule has 2 N–H and O–H groups in total. The van der Waals surface area contributed by atoms with Gasteiger partial charge in [-0.05, 0) is 49.4 Å². The summed E-state index contributed by atoms with van der Waals surface area (Å²) in [5.74, 6) is 1.50. The molecule has 0 bridgehead atoms. The summed E-state index contributed by atoms with van der Waals surface area (Å²) in [6, 6.07) is 14.6. The van der Waals surface area contributed by atoms with E-state index in [9.17, 15) is 9.90 Å². The molecule has 2 aromatic carbocycles. The van der Waals surface area contributed by atoms with Gasteiger partial charge < -0.3 is 14.8 Å². The van der Waals surface area contributed by atoms with Crippen LogP contribution in [0.15, 0.2) is 54.7 Å². The van der Waals surface area contributed by atoms with E-state index in [4.69, 9.17) is 16.4 Å². The lowest BCUT2D eigenvalue weighted by Gasteiger charge is -2.36. The molecule has 0 radical (unpaired) electrons. The lowest BCUT2D eigenvalue weighted by atomic mass is 9.85. The van der Waals surface area contributed by atoms with Crippen molar-refractivity contribution in [3.05, 3.63) is 70.9 Å². The van der Waals surface area contributed by atoms with Crippen LogP contribution in [-0.4, -0.2) is 35.8 Å². The van der Waals surface area contributed by atoms with Gasteiger partial charge in [0.2, 0.25) is 5.52 Å². The van der Waals surface area contributed by atoms with Crippen molar-refractivity contribution < 1.29 is 19.7 Å². The standard InChI is InChI=1S/C18H22N2O2.C7H7Cl.CH2O/c1-3-13-11-20(9-7-12(13)2)18(22)15-6-8-19-17-5-4-14(21)10-16(15)17;1-6-2-4-7(8)5-3-6;1-2/h4-6,8,10,12-13,21H,3,7,9,11H2,1-2H3;2-5H,1H3;1H2/p+1. The molecule has 1 amide bonds. The number of hydrogen-bond donors (Lipinski definition) is 1. The number of H-pyrrole nitrogens is 1. The highest BCUT2D eigenvalue weighted by atomic mass is 35.5. The molecule has 32 heavy (non-hydrogen) atoms. The molecular formula is C26H32ClN2O3+. The summed E-state index contributed by atoms with van der Waals surface area (Å²) in [6.07, 6.45) is 3.96. The Kier molecular flexibility index (Phi) is 9.66. The third-order valence-electron chi connectivity index (χ3n) is 5.95. The van der Waals surface area contributed by atoms with E-state index in [-0.39, 0.29) is 11.7 Å². The van der Waals surface area contributed by atoms with Crippen molar-refractivity contribution in [1.82, 2.24) is 4.90 Å². The Bertz CT molecular complexity index is 1000. The lowest BCUT2D eigenvalue weighted by molar-refractivity contribution is -0.344. The fraction of sp³-hybridized carbons (Fsp3) is 0.346. The molecule has 2 atom stereocenters. The fourth-order valence-corrected chi connectivity index (χ4v) is 4.07. The van der Waals surface area contributed by atoms with Gasteiger partial charge >= 0.3 is 0 Å². The van der Waals surface area contributed by atoms with Crippen LogP contribution in [0.1, 0.15) is 42.6 Å². The minimum atomic E-state index is 0.0648. The largest absolute Gasteiger partial charge is 0.508 e. The van der Waals surface area contributed by atoms with Gasteiger partial charge in [0.1, 0.15) is 12.5 Å². The summed E-state index contributed by atoms with van der Waals surface area (Å²) in [6.45, 7) is 10.2. The maximum absolute atomic E-state index is 12.9. The predicted molar refractivity (Wildman–Crippen MR) is 129 cm³/mol. The summed E-state index contributed by atoms with van der Waals surface area (Å²) >= 11 is 5.61. The van der Waals surface area contributed by atoms with E-state index >= 15 is 0 Å². The van der Waals surface area contributed by atoms with Crippen molar-refractivity contribution in [3.63, 3.8) is 0 Å². The second-order valence-electron chi connectivity index (χ2n) is 8.10. The summed E-state index contributed by atoms with van der Waals surface area (Å²) in [5, 5.41) is 11.3.